The number of anilines is 1. The fraction of sp³-hybridized carbons (Fsp3) is 0.242. The minimum absolute atomic E-state index is 0.0179. The molecular weight excluding hydrogens is 570 g/mol. The van der Waals surface area contributed by atoms with E-state index in [0.29, 0.717) is 16.3 Å². The van der Waals surface area contributed by atoms with Crippen LogP contribution in [0.3, 0.4) is 0 Å². The first-order chi connectivity index (χ1) is 20.3. The zero-order valence-corrected chi connectivity index (χ0v) is 25.4. The van der Waals surface area contributed by atoms with Gasteiger partial charge in [-0.25, -0.2) is 4.79 Å². The predicted molar refractivity (Wildman–Crippen MR) is 166 cm³/mol. The number of nitrogens with one attached hydrogen (secondary N) is 3. The van der Waals surface area contributed by atoms with Gasteiger partial charge in [0.05, 0.1) is 12.7 Å². The molecule has 0 aliphatic rings. The number of hydrogen-bond acceptors (Lipinski definition) is 7. The lowest BCUT2D eigenvalue weighted by Gasteiger charge is -2.20. The molecule has 0 bridgehead atoms. The molecule has 0 fully saturated rings. The molecule has 1 unspecified atom stereocenters. The summed E-state index contributed by atoms with van der Waals surface area (Å²) in [5.41, 5.74) is 1.40. The molecule has 0 aliphatic heterocycles. The van der Waals surface area contributed by atoms with Crippen LogP contribution in [0.5, 0.6) is 0 Å². The van der Waals surface area contributed by atoms with Gasteiger partial charge in [-0.1, -0.05) is 41.9 Å². The van der Waals surface area contributed by atoms with E-state index < -0.39 is 29.4 Å². The molecule has 0 aliphatic carbocycles. The molecule has 0 heterocycles. The van der Waals surface area contributed by atoms with Gasteiger partial charge >= 0.3 is 5.97 Å². The van der Waals surface area contributed by atoms with Crippen molar-refractivity contribution in [3.63, 3.8) is 0 Å². The number of methoxy groups -OCH3 is 1. The van der Waals surface area contributed by atoms with Gasteiger partial charge in [0.15, 0.2) is 5.78 Å². The van der Waals surface area contributed by atoms with E-state index in [2.05, 4.69) is 10.6 Å². The van der Waals surface area contributed by atoms with Crippen LogP contribution in [0.25, 0.3) is 5.57 Å². The van der Waals surface area contributed by atoms with Crippen LogP contribution in [0.4, 0.5) is 5.69 Å². The summed E-state index contributed by atoms with van der Waals surface area (Å²) in [6, 6.07) is 18.8. The summed E-state index contributed by atoms with van der Waals surface area (Å²) in [6.45, 7) is 6.68. The molecule has 1 atom stereocenters. The van der Waals surface area contributed by atoms with Gasteiger partial charge in [0.1, 0.15) is 11.6 Å². The Hall–Kier alpha value is -4.76. The molecule has 3 aromatic carbocycles. The van der Waals surface area contributed by atoms with Gasteiger partial charge in [0.2, 0.25) is 17.7 Å². The Morgan fingerprint density at radius 1 is 0.953 bits per heavy atom. The van der Waals surface area contributed by atoms with Crippen LogP contribution in [-0.2, 0) is 25.5 Å². The van der Waals surface area contributed by atoms with E-state index in [1.165, 1.54) is 44.4 Å². The molecule has 3 aromatic rings. The molecule has 2 amide bonds. The summed E-state index contributed by atoms with van der Waals surface area (Å²) in [5, 5.41) is 14.1. The first-order valence-corrected chi connectivity index (χ1v) is 13.8. The highest BCUT2D eigenvalue weighted by molar-refractivity contribution is 6.32. The third-order valence-electron chi connectivity index (χ3n) is 6.08. The minimum atomic E-state index is -1.03. The third kappa shape index (κ3) is 9.65. The second-order valence-corrected chi connectivity index (χ2v) is 11.1. The number of amides is 2. The lowest BCUT2D eigenvalue weighted by Crippen LogP contribution is -2.44. The van der Waals surface area contributed by atoms with Crippen molar-refractivity contribution in [1.29, 1.82) is 5.41 Å². The Balaban J connectivity index is 1.89. The zero-order valence-electron chi connectivity index (χ0n) is 24.6. The smallest absolute Gasteiger partial charge is 0.338 e. The number of ether oxygens (including phenoxy) is 2. The molecule has 10 heteroatoms. The summed E-state index contributed by atoms with van der Waals surface area (Å²) in [4.78, 5) is 51.4. The lowest BCUT2D eigenvalue weighted by atomic mass is 9.96. The summed E-state index contributed by atoms with van der Waals surface area (Å²) in [6.07, 6.45) is 1.26. The normalized spacial score (nSPS) is 12.1. The van der Waals surface area contributed by atoms with E-state index in [-0.39, 0.29) is 34.8 Å². The van der Waals surface area contributed by atoms with Crippen molar-refractivity contribution in [2.24, 2.45) is 0 Å². The Kier molecular flexibility index (Phi) is 11.0. The summed E-state index contributed by atoms with van der Waals surface area (Å²) in [5.74, 6) is -2.35. The van der Waals surface area contributed by atoms with E-state index in [9.17, 15) is 19.2 Å². The van der Waals surface area contributed by atoms with Gasteiger partial charge in [-0.3, -0.25) is 19.8 Å². The zero-order chi connectivity index (χ0) is 31.7. The summed E-state index contributed by atoms with van der Waals surface area (Å²) < 4.78 is 10.5. The van der Waals surface area contributed by atoms with Crippen LogP contribution >= 0.6 is 11.6 Å². The first kappa shape index (κ1) is 32.8. The maximum absolute atomic E-state index is 13.4. The number of Topliss-reactive ketones (excluding diaryl/α,β-unsaturated/α-hetero) is 1. The van der Waals surface area contributed by atoms with Crippen LogP contribution in [0.1, 0.15) is 59.5 Å². The fourth-order valence-corrected chi connectivity index (χ4v) is 4.25. The topological polar surface area (TPSA) is 135 Å². The highest BCUT2D eigenvalue weighted by atomic mass is 35.5. The quantitative estimate of drug-likeness (QED) is 0.0872. The largest absolute Gasteiger partial charge is 0.481 e. The van der Waals surface area contributed by atoms with Crippen molar-refractivity contribution in [3.8, 4) is 0 Å². The second-order valence-electron chi connectivity index (χ2n) is 10.7. The predicted octanol–water partition coefficient (Wildman–Crippen LogP) is 5.87. The number of carbonyl (C=O) groups excluding carboxylic acids is 4. The molecule has 0 saturated carbocycles. The SMILES string of the molecule is COC(=N)/C(=C\C(=O)NC(Cc1ccccc1)C(=O)Nc1ccc(C(=O)OC(C)(C)C)cc1)c1cc(Cl)ccc1C(C)=O. The Morgan fingerprint density at radius 3 is 2.19 bits per heavy atom. The molecule has 3 N–H and O–H groups in total. The van der Waals surface area contributed by atoms with Crippen molar-refractivity contribution < 1.29 is 28.7 Å². The summed E-state index contributed by atoms with van der Waals surface area (Å²) in [7, 11) is 1.27. The number of hydrogen-bond donors (Lipinski definition) is 3. The monoisotopic (exact) mass is 603 g/mol. The van der Waals surface area contributed by atoms with E-state index in [0.717, 1.165) is 11.6 Å². The third-order valence-corrected chi connectivity index (χ3v) is 6.31. The van der Waals surface area contributed by atoms with Gasteiger partial charge in [-0.15, -0.1) is 0 Å². The van der Waals surface area contributed by atoms with Gasteiger partial charge in [0, 0.05) is 34.3 Å². The van der Waals surface area contributed by atoms with Crippen molar-refractivity contribution in [3.05, 3.63) is 106 Å². The van der Waals surface area contributed by atoms with Crippen molar-refractivity contribution >= 4 is 52.3 Å². The van der Waals surface area contributed by atoms with E-state index >= 15 is 0 Å². The van der Waals surface area contributed by atoms with E-state index in [1.807, 2.05) is 30.3 Å². The van der Waals surface area contributed by atoms with Crippen LogP contribution in [0.15, 0.2) is 78.9 Å². The molecule has 43 heavy (non-hydrogen) atoms. The standard InChI is InChI=1S/C33H34ClN3O6/c1-20(38)25-16-13-23(34)18-26(25)27(30(35)42-5)19-29(39)37-28(17-21-9-7-6-8-10-21)31(40)36-24-14-11-22(12-15-24)32(41)43-33(2,3)4/h6-16,18-19,28,35H,17H2,1-5H3,(H,36,40)(H,37,39)/b27-19-,35-30?. The maximum Gasteiger partial charge on any atom is 0.338 e. The first-order valence-electron chi connectivity index (χ1n) is 13.4. The Morgan fingerprint density at radius 2 is 1.60 bits per heavy atom. The molecule has 3 rings (SSSR count). The number of carbonyl (C=O) groups is 4. The number of rotatable bonds is 10. The number of ketones is 1. The van der Waals surface area contributed by atoms with Crippen LogP contribution < -0.4 is 10.6 Å². The summed E-state index contributed by atoms with van der Waals surface area (Å²) >= 11 is 6.17. The molecule has 224 valence electrons. The number of halogens is 1. The minimum Gasteiger partial charge on any atom is -0.481 e. The van der Waals surface area contributed by atoms with Gasteiger partial charge < -0.3 is 20.1 Å². The van der Waals surface area contributed by atoms with Crippen molar-refractivity contribution in [2.45, 2.75) is 45.8 Å². The Labute approximate surface area is 255 Å². The molecule has 9 nitrogen and oxygen atoms in total. The highest BCUT2D eigenvalue weighted by Gasteiger charge is 2.24. The van der Waals surface area contributed by atoms with Gasteiger partial charge in [-0.2, -0.15) is 0 Å². The number of esters is 1. The molecule has 0 radical (unpaired) electrons. The number of benzene rings is 3. The fourth-order valence-electron chi connectivity index (χ4n) is 4.08. The molecule has 0 saturated heterocycles. The maximum atomic E-state index is 13.4. The molecule has 0 aromatic heterocycles. The van der Waals surface area contributed by atoms with Gasteiger partial charge in [-0.05, 0) is 81.3 Å². The molecule has 0 spiro atoms. The van der Waals surface area contributed by atoms with Crippen LogP contribution in [-0.4, -0.2) is 48.2 Å². The van der Waals surface area contributed by atoms with Crippen molar-refractivity contribution in [2.75, 3.05) is 12.4 Å². The van der Waals surface area contributed by atoms with Gasteiger partial charge in [0.25, 0.3) is 0 Å². The average Bonchev–Trinajstić information content (AvgIpc) is 2.95. The van der Waals surface area contributed by atoms with E-state index in [4.69, 9.17) is 26.5 Å². The van der Waals surface area contributed by atoms with Crippen LogP contribution in [0.2, 0.25) is 5.02 Å². The highest BCUT2D eigenvalue weighted by Crippen LogP contribution is 2.25. The van der Waals surface area contributed by atoms with Crippen LogP contribution in [0, 0.1) is 5.41 Å². The second kappa shape index (κ2) is 14.4. The lowest BCUT2D eigenvalue weighted by molar-refractivity contribution is -0.123. The van der Waals surface area contributed by atoms with E-state index in [1.54, 1.807) is 32.9 Å². The molecular formula is C33H34ClN3O6. The average molecular weight is 604 g/mol. The van der Waals surface area contributed by atoms with Crippen molar-refractivity contribution in [1.82, 2.24) is 5.32 Å². The Bertz CT molecular complexity index is 1540.